The Morgan fingerprint density at radius 1 is 1.26 bits per heavy atom. The van der Waals surface area contributed by atoms with Gasteiger partial charge in [-0.2, -0.15) is 0 Å². The molecule has 1 rings (SSSR count). The largest absolute Gasteiger partial charge is 0.492 e. The van der Waals surface area contributed by atoms with Gasteiger partial charge >= 0.3 is 0 Å². The summed E-state index contributed by atoms with van der Waals surface area (Å²) in [4.78, 5) is 0. The van der Waals surface area contributed by atoms with E-state index >= 15 is 0 Å². The minimum absolute atomic E-state index is 0.125. The van der Waals surface area contributed by atoms with Crippen molar-refractivity contribution in [3.63, 3.8) is 0 Å². The van der Waals surface area contributed by atoms with E-state index in [9.17, 15) is 8.42 Å². The van der Waals surface area contributed by atoms with Crippen molar-refractivity contribution in [3.8, 4) is 5.75 Å². The first kappa shape index (κ1) is 16.9. The molecule has 0 saturated heterocycles. The summed E-state index contributed by atoms with van der Waals surface area (Å²) in [6, 6.07) is 4.88. The van der Waals surface area contributed by atoms with Crippen molar-refractivity contribution in [1.29, 1.82) is 0 Å². The molecule has 0 spiro atoms. The van der Waals surface area contributed by atoms with Crippen molar-refractivity contribution in [2.24, 2.45) is 11.8 Å². The van der Waals surface area contributed by atoms with Crippen molar-refractivity contribution in [2.75, 3.05) is 12.4 Å². The second-order valence-corrected chi connectivity index (χ2v) is 8.26. The van der Waals surface area contributed by atoms with E-state index in [2.05, 4.69) is 0 Å². The number of hydrogen-bond donors (Lipinski definition) is 0. The van der Waals surface area contributed by atoms with Crippen molar-refractivity contribution < 1.29 is 13.2 Å². The van der Waals surface area contributed by atoms with Crippen LogP contribution in [-0.4, -0.2) is 20.8 Å². The zero-order chi connectivity index (χ0) is 14.6. The molecule has 0 bridgehead atoms. The lowest BCUT2D eigenvalue weighted by Gasteiger charge is -2.20. The van der Waals surface area contributed by atoms with E-state index in [1.807, 2.05) is 13.8 Å². The standard InChI is InChI=1S/C12H15Cl3O3S/c1-8(2)9(7-19(15,16)17)6-18-12-4-3-10(13)5-11(12)14/h3-5,8-9H,6-7H2,1-2H3. The van der Waals surface area contributed by atoms with Gasteiger partial charge in [-0.3, -0.25) is 0 Å². The molecule has 0 heterocycles. The summed E-state index contributed by atoms with van der Waals surface area (Å²) in [5, 5.41) is 0.907. The van der Waals surface area contributed by atoms with Crippen LogP contribution in [-0.2, 0) is 9.05 Å². The molecular formula is C12H15Cl3O3S. The average Bonchev–Trinajstić information content (AvgIpc) is 2.24. The van der Waals surface area contributed by atoms with Crippen molar-refractivity contribution >= 4 is 42.9 Å². The van der Waals surface area contributed by atoms with Crippen LogP contribution in [0.3, 0.4) is 0 Å². The summed E-state index contributed by atoms with van der Waals surface area (Å²) in [5.41, 5.74) is 0. The fourth-order valence-electron chi connectivity index (χ4n) is 1.48. The Labute approximate surface area is 128 Å². The van der Waals surface area contributed by atoms with Crippen LogP contribution in [0.25, 0.3) is 0 Å². The van der Waals surface area contributed by atoms with Crippen LogP contribution in [0, 0.1) is 11.8 Å². The third kappa shape index (κ3) is 6.21. The second-order valence-electron chi connectivity index (χ2n) is 4.60. The highest BCUT2D eigenvalue weighted by Crippen LogP contribution is 2.28. The Balaban J connectivity index is 2.71. The maximum atomic E-state index is 11.1. The summed E-state index contributed by atoms with van der Waals surface area (Å²) < 4.78 is 27.8. The van der Waals surface area contributed by atoms with E-state index in [-0.39, 0.29) is 24.2 Å². The maximum Gasteiger partial charge on any atom is 0.233 e. The molecule has 19 heavy (non-hydrogen) atoms. The Hall–Kier alpha value is -0.160. The molecule has 0 fully saturated rings. The van der Waals surface area contributed by atoms with Gasteiger partial charge in [0.25, 0.3) is 0 Å². The van der Waals surface area contributed by atoms with Gasteiger partial charge in [-0.05, 0) is 24.1 Å². The molecule has 0 aliphatic heterocycles. The predicted octanol–water partition coefficient (Wildman–Crippen LogP) is 4.21. The van der Waals surface area contributed by atoms with Crippen molar-refractivity contribution in [1.82, 2.24) is 0 Å². The number of ether oxygens (including phenoxy) is 1. The number of hydrogen-bond acceptors (Lipinski definition) is 3. The van der Waals surface area contributed by atoms with Crippen molar-refractivity contribution in [2.45, 2.75) is 13.8 Å². The van der Waals surface area contributed by atoms with E-state index in [1.54, 1.807) is 18.2 Å². The van der Waals surface area contributed by atoms with Gasteiger partial charge in [0.2, 0.25) is 9.05 Å². The first-order valence-electron chi connectivity index (χ1n) is 5.69. The molecule has 1 aromatic carbocycles. The van der Waals surface area contributed by atoms with Crippen LogP contribution < -0.4 is 4.74 Å². The zero-order valence-electron chi connectivity index (χ0n) is 10.6. The van der Waals surface area contributed by atoms with Crippen LogP contribution in [0.2, 0.25) is 10.0 Å². The van der Waals surface area contributed by atoms with Gasteiger partial charge in [-0.1, -0.05) is 37.0 Å². The van der Waals surface area contributed by atoms with Gasteiger partial charge in [0, 0.05) is 21.6 Å². The molecule has 1 atom stereocenters. The number of rotatable bonds is 6. The number of benzene rings is 1. The Kier molecular flexibility index (Phi) is 6.24. The molecule has 0 radical (unpaired) electrons. The highest BCUT2D eigenvalue weighted by Gasteiger charge is 2.21. The molecular weight excluding hydrogens is 331 g/mol. The average molecular weight is 346 g/mol. The summed E-state index contributed by atoms with van der Waals surface area (Å²) >= 11 is 11.8. The lowest BCUT2D eigenvalue weighted by molar-refractivity contribution is 0.225. The first-order valence-corrected chi connectivity index (χ1v) is 8.92. The Morgan fingerprint density at radius 3 is 2.37 bits per heavy atom. The van der Waals surface area contributed by atoms with E-state index < -0.39 is 9.05 Å². The molecule has 0 aliphatic carbocycles. The molecule has 7 heteroatoms. The maximum absolute atomic E-state index is 11.1. The van der Waals surface area contributed by atoms with Gasteiger partial charge in [-0.15, -0.1) is 0 Å². The number of halogens is 3. The van der Waals surface area contributed by atoms with E-state index in [0.29, 0.717) is 15.8 Å². The fraction of sp³-hybridized carbons (Fsp3) is 0.500. The van der Waals surface area contributed by atoms with Crippen LogP contribution in [0.1, 0.15) is 13.8 Å². The Morgan fingerprint density at radius 2 is 1.89 bits per heavy atom. The third-order valence-corrected chi connectivity index (χ3v) is 4.44. The highest BCUT2D eigenvalue weighted by atomic mass is 35.7. The molecule has 0 amide bonds. The first-order chi connectivity index (χ1) is 8.69. The fourth-order valence-corrected chi connectivity index (χ4v) is 3.42. The molecule has 108 valence electrons. The molecule has 1 unspecified atom stereocenters. The summed E-state index contributed by atoms with van der Waals surface area (Å²) in [7, 11) is 1.73. The predicted molar refractivity (Wildman–Crippen MR) is 79.9 cm³/mol. The Bertz CT molecular complexity index is 529. The topological polar surface area (TPSA) is 43.4 Å². The monoisotopic (exact) mass is 344 g/mol. The molecule has 3 nitrogen and oxygen atoms in total. The van der Waals surface area contributed by atoms with Crippen LogP contribution >= 0.6 is 33.9 Å². The molecule has 0 aliphatic rings. The van der Waals surface area contributed by atoms with Gasteiger partial charge in [-0.25, -0.2) is 8.42 Å². The summed E-state index contributed by atoms with van der Waals surface area (Å²) in [5.74, 6) is 0.273. The molecule has 0 aromatic heterocycles. The highest BCUT2D eigenvalue weighted by molar-refractivity contribution is 8.13. The van der Waals surface area contributed by atoms with Gasteiger partial charge in [0.15, 0.2) is 0 Å². The summed E-state index contributed by atoms with van der Waals surface area (Å²) in [6.45, 7) is 4.06. The lowest BCUT2D eigenvalue weighted by atomic mass is 9.99. The molecule has 0 saturated carbocycles. The summed E-state index contributed by atoms with van der Waals surface area (Å²) in [6.07, 6.45) is 0. The van der Waals surface area contributed by atoms with Crippen LogP contribution in [0.5, 0.6) is 5.75 Å². The molecule has 1 aromatic rings. The minimum Gasteiger partial charge on any atom is -0.492 e. The zero-order valence-corrected chi connectivity index (χ0v) is 13.7. The third-order valence-electron chi connectivity index (χ3n) is 2.70. The second kappa shape index (κ2) is 7.02. The van der Waals surface area contributed by atoms with Gasteiger partial charge in [0.1, 0.15) is 5.75 Å². The van der Waals surface area contributed by atoms with Gasteiger partial charge < -0.3 is 4.74 Å². The SMILES string of the molecule is CC(C)C(COc1ccc(Cl)cc1Cl)CS(=O)(=O)Cl. The lowest BCUT2D eigenvalue weighted by Crippen LogP contribution is -2.24. The minimum atomic E-state index is -3.55. The molecule has 0 N–H and O–H groups in total. The van der Waals surface area contributed by atoms with Crippen LogP contribution in [0.4, 0.5) is 0 Å². The van der Waals surface area contributed by atoms with Gasteiger partial charge in [0.05, 0.1) is 17.4 Å². The quantitative estimate of drug-likeness (QED) is 0.725. The van der Waals surface area contributed by atoms with E-state index in [1.165, 1.54) is 0 Å². The smallest absolute Gasteiger partial charge is 0.233 e. The van der Waals surface area contributed by atoms with Crippen LogP contribution in [0.15, 0.2) is 18.2 Å². The van der Waals surface area contributed by atoms with E-state index in [0.717, 1.165) is 0 Å². The van der Waals surface area contributed by atoms with E-state index in [4.69, 9.17) is 38.6 Å². The normalized spacial score (nSPS) is 13.6. The van der Waals surface area contributed by atoms with Crippen molar-refractivity contribution in [3.05, 3.63) is 28.2 Å².